The quantitative estimate of drug-likeness (QED) is 0.424. The first-order chi connectivity index (χ1) is 14.8. The maximum absolute atomic E-state index is 13.3. The van der Waals surface area contributed by atoms with E-state index < -0.39 is 22.5 Å². The third-order valence-corrected chi connectivity index (χ3v) is 6.64. The van der Waals surface area contributed by atoms with Gasteiger partial charge in [-0.15, -0.1) is 0 Å². The van der Waals surface area contributed by atoms with Crippen LogP contribution in [0, 0.1) is 6.92 Å². The molecule has 0 aliphatic carbocycles. The maximum Gasteiger partial charge on any atom is 0.264 e. The van der Waals surface area contributed by atoms with Crippen molar-refractivity contribution in [3.63, 3.8) is 0 Å². The van der Waals surface area contributed by atoms with E-state index in [1.165, 1.54) is 12.1 Å². The van der Waals surface area contributed by atoms with Gasteiger partial charge in [-0.3, -0.25) is 9.10 Å². The number of anilines is 1. The van der Waals surface area contributed by atoms with E-state index in [4.69, 9.17) is 11.6 Å². The molecule has 0 spiro atoms. The van der Waals surface area contributed by atoms with Gasteiger partial charge in [0.2, 0.25) is 0 Å². The molecular weight excluding hydrogens is 434 g/mol. The smallest absolute Gasteiger partial charge is 0.264 e. The summed E-state index contributed by atoms with van der Waals surface area (Å²) in [5, 5.41) is 4.70. The molecule has 1 N–H and O–H groups in total. The first-order valence-corrected chi connectivity index (χ1v) is 11.3. The molecule has 160 valence electrons. The highest BCUT2D eigenvalue weighted by Crippen LogP contribution is 2.26. The number of nitrogens with one attached hydrogen (secondary N) is 1. The van der Waals surface area contributed by atoms with Crippen LogP contribution in [0.1, 0.15) is 18.1 Å². The lowest BCUT2D eigenvalue weighted by molar-refractivity contribution is -0.119. The highest BCUT2D eigenvalue weighted by atomic mass is 35.5. The fraction of sp³-hybridized carbons (Fsp3) is 0.130. The Bertz CT molecular complexity index is 1190. The van der Waals surface area contributed by atoms with Crippen LogP contribution in [-0.4, -0.2) is 26.6 Å². The number of carbonyl (C=O) groups is 1. The second-order valence-electron chi connectivity index (χ2n) is 6.85. The molecule has 6 nitrogen and oxygen atoms in total. The zero-order valence-electron chi connectivity index (χ0n) is 17.1. The summed E-state index contributed by atoms with van der Waals surface area (Å²) in [6.07, 6.45) is 0. The van der Waals surface area contributed by atoms with Crippen molar-refractivity contribution in [2.24, 2.45) is 5.10 Å². The van der Waals surface area contributed by atoms with Crippen molar-refractivity contribution in [3.8, 4) is 0 Å². The number of hydrogen-bond donors (Lipinski definition) is 1. The Morgan fingerprint density at radius 2 is 1.58 bits per heavy atom. The Labute approximate surface area is 187 Å². The molecule has 31 heavy (non-hydrogen) atoms. The molecule has 0 aliphatic rings. The number of nitrogens with zero attached hydrogens (tertiary/aromatic N) is 2. The number of hydrogen-bond acceptors (Lipinski definition) is 4. The molecule has 0 fully saturated rings. The van der Waals surface area contributed by atoms with Gasteiger partial charge in [0.25, 0.3) is 15.9 Å². The van der Waals surface area contributed by atoms with Gasteiger partial charge in [-0.25, -0.2) is 13.8 Å². The lowest BCUT2D eigenvalue weighted by Gasteiger charge is -2.25. The molecule has 3 aromatic carbocycles. The number of sulfonamides is 1. The van der Waals surface area contributed by atoms with E-state index in [1.807, 2.05) is 6.07 Å². The molecule has 3 rings (SSSR count). The lowest BCUT2D eigenvalue weighted by Crippen LogP contribution is -2.40. The van der Waals surface area contributed by atoms with Crippen molar-refractivity contribution in [3.05, 3.63) is 95.0 Å². The number of carbonyl (C=O) groups excluding carboxylic acids is 1. The van der Waals surface area contributed by atoms with E-state index in [9.17, 15) is 13.2 Å². The number of para-hydroxylation sites is 1. The third-order valence-electron chi connectivity index (χ3n) is 4.61. The molecule has 0 aromatic heterocycles. The first kappa shape index (κ1) is 22.5. The summed E-state index contributed by atoms with van der Waals surface area (Å²) in [7, 11) is -3.96. The highest BCUT2D eigenvalue weighted by Gasteiger charge is 2.28. The van der Waals surface area contributed by atoms with Gasteiger partial charge in [0.15, 0.2) is 0 Å². The van der Waals surface area contributed by atoms with Crippen LogP contribution in [-0.2, 0) is 14.8 Å². The number of halogens is 1. The number of amides is 1. The number of rotatable bonds is 7. The summed E-state index contributed by atoms with van der Waals surface area (Å²) in [4.78, 5) is 12.8. The van der Waals surface area contributed by atoms with Crippen LogP contribution < -0.4 is 9.73 Å². The van der Waals surface area contributed by atoms with E-state index in [2.05, 4.69) is 10.5 Å². The molecular formula is C23H22ClN3O3S. The summed E-state index contributed by atoms with van der Waals surface area (Å²) in [6, 6.07) is 22.1. The minimum atomic E-state index is -3.96. The predicted octanol–water partition coefficient (Wildman–Crippen LogP) is 4.38. The van der Waals surface area contributed by atoms with E-state index in [0.717, 1.165) is 15.4 Å². The average Bonchev–Trinajstić information content (AvgIpc) is 2.77. The minimum Gasteiger partial charge on any atom is -0.271 e. The molecule has 0 unspecified atom stereocenters. The fourth-order valence-electron chi connectivity index (χ4n) is 2.93. The van der Waals surface area contributed by atoms with Crippen molar-refractivity contribution in [1.82, 2.24) is 5.43 Å². The van der Waals surface area contributed by atoms with Crippen molar-refractivity contribution in [2.45, 2.75) is 18.7 Å². The van der Waals surface area contributed by atoms with E-state index in [0.29, 0.717) is 16.4 Å². The van der Waals surface area contributed by atoms with Crippen LogP contribution in [0.4, 0.5) is 5.69 Å². The van der Waals surface area contributed by atoms with Crippen LogP contribution in [0.15, 0.2) is 88.9 Å². The van der Waals surface area contributed by atoms with Crippen molar-refractivity contribution >= 4 is 38.9 Å². The Hall–Kier alpha value is -3.16. The van der Waals surface area contributed by atoms with Gasteiger partial charge in [-0.05, 0) is 55.3 Å². The van der Waals surface area contributed by atoms with Gasteiger partial charge >= 0.3 is 0 Å². The Balaban J connectivity index is 1.87. The van der Waals surface area contributed by atoms with Crippen LogP contribution >= 0.6 is 11.6 Å². The van der Waals surface area contributed by atoms with Gasteiger partial charge in [0, 0.05) is 5.02 Å². The minimum absolute atomic E-state index is 0.104. The van der Waals surface area contributed by atoms with Crippen LogP contribution in [0.3, 0.4) is 0 Å². The third kappa shape index (κ3) is 5.51. The largest absolute Gasteiger partial charge is 0.271 e. The fourth-order valence-corrected chi connectivity index (χ4v) is 4.56. The number of hydrazone groups is 1. The summed E-state index contributed by atoms with van der Waals surface area (Å²) in [5.41, 5.74) is 4.97. The highest BCUT2D eigenvalue weighted by molar-refractivity contribution is 7.92. The molecule has 3 aromatic rings. The molecule has 0 radical (unpaired) electrons. The zero-order valence-corrected chi connectivity index (χ0v) is 18.7. The molecule has 0 saturated heterocycles. The average molecular weight is 456 g/mol. The SMILES string of the molecule is C/C(=N/NC(=O)CN(c1ccccc1C)S(=O)(=O)c1ccccc1)c1ccc(Cl)cc1. The van der Waals surface area contributed by atoms with Gasteiger partial charge in [-0.2, -0.15) is 5.10 Å². The molecule has 0 heterocycles. The Morgan fingerprint density at radius 1 is 0.968 bits per heavy atom. The first-order valence-electron chi connectivity index (χ1n) is 9.51. The summed E-state index contributed by atoms with van der Waals surface area (Å²) < 4.78 is 27.7. The second-order valence-corrected chi connectivity index (χ2v) is 9.15. The number of aryl methyl sites for hydroxylation is 1. The molecule has 1 amide bonds. The predicted molar refractivity (Wildman–Crippen MR) is 124 cm³/mol. The maximum atomic E-state index is 13.3. The Kier molecular flexibility index (Phi) is 7.09. The van der Waals surface area contributed by atoms with Crippen molar-refractivity contribution < 1.29 is 13.2 Å². The second kappa shape index (κ2) is 9.76. The van der Waals surface area contributed by atoms with Crippen LogP contribution in [0.5, 0.6) is 0 Å². The van der Waals surface area contributed by atoms with E-state index in [1.54, 1.807) is 74.5 Å². The molecule has 0 bridgehead atoms. The van der Waals surface area contributed by atoms with Gasteiger partial charge in [-0.1, -0.05) is 60.1 Å². The molecule has 8 heteroatoms. The standard InChI is InChI=1S/C23H22ClN3O3S/c1-17-8-6-7-11-22(17)27(31(29,30)21-9-4-3-5-10-21)16-23(28)26-25-18(2)19-12-14-20(24)15-13-19/h3-15H,16H2,1-2H3,(H,26,28)/b25-18-. The molecule has 0 saturated carbocycles. The summed E-state index contributed by atoms with van der Waals surface area (Å²) in [5.74, 6) is -0.559. The zero-order chi connectivity index (χ0) is 22.4. The van der Waals surface area contributed by atoms with Crippen LogP contribution in [0.2, 0.25) is 5.02 Å². The lowest BCUT2D eigenvalue weighted by atomic mass is 10.1. The van der Waals surface area contributed by atoms with Crippen molar-refractivity contribution in [2.75, 3.05) is 10.8 Å². The summed E-state index contributed by atoms with van der Waals surface area (Å²) in [6.45, 7) is 3.12. The normalized spacial score (nSPS) is 11.8. The topological polar surface area (TPSA) is 78.8 Å². The monoisotopic (exact) mass is 455 g/mol. The number of benzene rings is 3. The van der Waals surface area contributed by atoms with Crippen molar-refractivity contribution in [1.29, 1.82) is 0 Å². The van der Waals surface area contributed by atoms with E-state index >= 15 is 0 Å². The van der Waals surface area contributed by atoms with E-state index in [-0.39, 0.29) is 4.90 Å². The van der Waals surface area contributed by atoms with Gasteiger partial charge < -0.3 is 0 Å². The molecule has 0 atom stereocenters. The Morgan fingerprint density at radius 3 is 2.23 bits per heavy atom. The summed E-state index contributed by atoms with van der Waals surface area (Å²) >= 11 is 5.89. The van der Waals surface area contributed by atoms with Crippen LogP contribution in [0.25, 0.3) is 0 Å². The van der Waals surface area contributed by atoms with Gasteiger partial charge in [0.1, 0.15) is 6.54 Å². The molecule has 0 aliphatic heterocycles. The van der Waals surface area contributed by atoms with Gasteiger partial charge in [0.05, 0.1) is 16.3 Å².